The summed E-state index contributed by atoms with van der Waals surface area (Å²) in [4.78, 5) is 64.1. The van der Waals surface area contributed by atoms with Gasteiger partial charge in [0.15, 0.2) is 0 Å². The molecule has 7 heterocycles. The van der Waals surface area contributed by atoms with Crippen molar-refractivity contribution < 1.29 is 42.2 Å². The van der Waals surface area contributed by atoms with Crippen LogP contribution in [0.25, 0.3) is 32.9 Å². The molecule has 0 radical (unpaired) electrons. The van der Waals surface area contributed by atoms with Crippen molar-refractivity contribution in [1.29, 1.82) is 0 Å². The molecule has 1 atom stereocenters. The summed E-state index contributed by atoms with van der Waals surface area (Å²) in [5.74, 6) is -4.05. The summed E-state index contributed by atoms with van der Waals surface area (Å²) >= 11 is 0. The van der Waals surface area contributed by atoms with Gasteiger partial charge in [-0.25, -0.2) is 13.8 Å². The van der Waals surface area contributed by atoms with Gasteiger partial charge < -0.3 is 23.7 Å². The molecule has 3 saturated heterocycles. The van der Waals surface area contributed by atoms with Crippen LogP contribution in [0.2, 0.25) is 0 Å². The van der Waals surface area contributed by atoms with E-state index in [0.717, 1.165) is 56.9 Å². The number of pyridine rings is 2. The third-order valence-corrected chi connectivity index (χ3v) is 13.0. The molecule has 1 saturated carbocycles. The molecule has 1 aliphatic carbocycles. The number of carbonyl (C=O) groups is 4. The highest BCUT2D eigenvalue weighted by molar-refractivity contribution is 6.23. The first-order valence-electron chi connectivity index (χ1n) is 21.3. The van der Waals surface area contributed by atoms with Crippen molar-refractivity contribution in [2.24, 2.45) is 7.05 Å². The van der Waals surface area contributed by atoms with E-state index in [-0.39, 0.29) is 54.9 Å². The maximum atomic E-state index is 15.1. The zero-order chi connectivity index (χ0) is 42.9. The highest BCUT2D eigenvalue weighted by Gasteiger charge is 2.45. The molecule has 4 aliphatic heterocycles. The lowest BCUT2D eigenvalue weighted by atomic mass is 9.92. The molecule has 16 heteroatoms. The number of anilines is 1. The first-order chi connectivity index (χ1) is 29.9. The second-order valence-corrected chi connectivity index (χ2v) is 17.3. The van der Waals surface area contributed by atoms with Gasteiger partial charge in [0, 0.05) is 92.9 Å². The molecule has 4 fully saturated rings. The fourth-order valence-corrected chi connectivity index (χ4v) is 9.54. The second-order valence-electron chi connectivity index (χ2n) is 17.3. The molecule has 0 bridgehead atoms. The van der Waals surface area contributed by atoms with E-state index < -0.39 is 42.2 Å². The van der Waals surface area contributed by atoms with Crippen LogP contribution >= 0.6 is 0 Å². The minimum Gasteiger partial charge on any atom is -0.490 e. The number of halogens is 2. The van der Waals surface area contributed by atoms with Crippen LogP contribution in [0.1, 0.15) is 64.8 Å². The predicted octanol–water partition coefficient (Wildman–Crippen LogP) is 5.43. The van der Waals surface area contributed by atoms with E-state index in [1.165, 1.54) is 17.5 Å². The first-order valence-corrected chi connectivity index (χ1v) is 21.3. The largest absolute Gasteiger partial charge is 0.490 e. The number of carbonyl (C=O) groups excluding carboxylic acids is 4. The minimum absolute atomic E-state index is 0.0278. The first kappa shape index (κ1) is 40.2. The Balaban J connectivity index is 0.636. The average molecular weight is 848 g/mol. The van der Waals surface area contributed by atoms with E-state index in [0.29, 0.717) is 44.5 Å². The summed E-state index contributed by atoms with van der Waals surface area (Å²) in [5.41, 5.74) is 5.84. The fraction of sp³-hybridized carbons (Fsp3) is 0.435. The van der Waals surface area contributed by atoms with Gasteiger partial charge >= 0.3 is 0 Å². The Morgan fingerprint density at radius 1 is 0.823 bits per heavy atom. The Labute approximate surface area is 356 Å². The van der Waals surface area contributed by atoms with Gasteiger partial charge in [0.25, 0.3) is 17.7 Å². The van der Waals surface area contributed by atoms with Crippen LogP contribution < -0.4 is 15.0 Å². The number of hydrogen-bond donors (Lipinski definition) is 1. The van der Waals surface area contributed by atoms with Crippen LogP contribution in [0.15, 0.2) is 67.1 Å². The second kappa shape index (κ2) is 15.8. The Hall–Kier alpha value is -5.84. The number of likely N-dealkylation sites (tertiary alicyclic amines) is 1. The van der Waals surface area contributed by atoms with E-state index in [2.05, 4.69) is 58.0 Å². The van der Waals surface area contributed by atoms with E-state index in [1.807, 2.05) is 24.7 Å². The number of amides is 4. The van der Waals surface area contributed by atoms with Crippen molar-refractivity contribution in [3.05, 3.63) is 83.8 Å². The van der Waals surface area contributed by atoms with E-state index in [9.17, 15) is 19.2 Å². The Kier molecular flexibility index (Phi) is 10.3. The standard InChI is InChI=1S/C46H47F2N7O7/c1-26-15-28(27-3-5-34-37-21-49-12-9-38(37)52(2)40(34)16-27)20-50-42(26)54-22-33(23-54)61-29-10-13-53(14-11-29)24-46(47,48)25-60-31-17-32(18-31)62-30-4-6-35-36(19-30)45(59)55(44(35)58)39-7-8-41(56)51-43(39)57/h3-6,9,12,15-16,19-21,29,31-33,39H,7-8,10-11,13-14,17-18,22-25H2,1-2H3,(H,51,56,57)/t31-,32-,39?. The van der Waals surface area contributed by atoms with E-state index in [1.54, 1.807) is 11.0 Å². The van der Waals surface area contributed by atoms with Crippen LogP contribution in [-0.2, 0) is 26.1 Å². The molecule has 62 heavy (non-hydrogen) atoms. The summed E-state index contributed by atoms with van der Waals surface area (Å²) in [5, 5.41) is 4.49. The molecular formula is C46H47F2N7O7. The van der Waals surface area contributed by atoms with E-state index in [4.69, 9.17) is 19.2 Å². The number of rotatable bonds is 12. The number of piperidine rings is 2. The molecule has 5 aromatic rings. The number of alkyl halides is 2. The summed E-state index contributed by atoms with van der Waals surface area (Å²) in [6.07, 6.45) is 7.39. The Morgan fingerprint density at radius 3 is 2.39 bits per heavy atom. The van der Waals surface area contributed by atoms with Crippen LogP contribution in [0.3, 0.4) is 0 Å². The van der Waals surface area contributed by atoms with Gasteiger partial charge in [-0.15, -0.1) is 0 Å². The van der Waals surface area contributed by atoms with Gasteiger partial charge in [0.05, 0.1) is 41.5 Å². The van der Waals surface area contributed by atoms with E-state index >= 15 is 8.78 Å². The number of ether oxygens (including phenoxy) is 3. The lowest BCUT2D eigenvalue weighted by molar-refractivity contribution is -0.147. The lowest BCUT2D eigenvalue weighted by Crippen LogP contribution is -2.55. The summed E-state index contributed by atoms with van der Waals surface area (Å²) < 4.78 is 50.3. The molecule has 1 N–H and O–H groups in total. The summed E-state index contributed by atoms with van der Waals surface area (Å²) in [6.45, 7) is 3.56. The number of nitrogens with zero attached hydrogens (tertiary/aromatic N) is 6. The van der Waals surface area contributed by atoms with Crippen LogP contribution in [0.5, 0.6) is 5.75 Å². The third kappa shape index (κ3) is 7.57. The third-order valence-electron chi connectivity index (χ3n) is 13.0. The number of imide groups is 2. The monoisotopic (exact) mass is 847 g/mol. The summed E-state index contributed by atoms with van der Waals surface area (Å²) in [6, 6.07) is 14.2. The topological polar surface area (TPSA) is 148 Å². The predicted molar refractivity (Wildman–Crippen MR) is 224 cm³/mol. The fourth-order valence-electron chi connectivity index (χ4n) is 9.54. The highest BCUT2D eigenvalue weighted by Crippen LogP contribution is 2.36. The maximum Gasteiger partial charge on any atom is 0.283 e. The van der Waals surface area contributed by atoms with Crippen molar-refractivity contribution in [3.63, 3.8) is 0 Å². The average Bonchev–Trinajstić information content (AvgIpc) is 3.65. The van der Waals surface area contributed by atoms with Crippen LogP contribution in [-0.4, -0.2) is 124 Å². The van der Waals surface area contributed by atoms with Crippen molar-refractivity contribution in [1.82, 2.24) is 29.7 Å². The molecule has 3 aromatic heterocycles. The van der Waals surface area contributed by atoms with Gasteiger partial charge in [-0.1, -0.05) is 12.1 Å². The molecule has 4 amide bonds. The van der Waals surface area contributed by atoms with Crippen molar-refractivity contribution in [2.45, 2.75) is 81.8 Å². The quantitative estimate of drug-likeness (QED) is 0.160. The number of aromatic nitrogens is 3. The number of hydrogen-bond acceptors (Lipinski definition) is 11. The molecule has 1 unspecified atom stereocenters. The number of aryl methyl sites for hydroxylation is 2. The molecule has 14 nitrogen and oxygen atoms in total. The molecular weight excluding hydrogens is 801 g/mol. The van der Waals surface area contributed by atoms with Crippen LogP contribution in [0, 0.1) is 6.92 Å². The number of fused-ring (bicyclic) bond motifs is 4. The molecule has 322 valence electrons. The lowest BCUT2D eigenvalue weighted by Gasteiger charge is -2.43. The number of benzene rings is 2. The zero-order valence-corrected chi connectivity index (χ0v) is 34.5. The maximum absolute atomic E-state index is 15.1. The molecule has 2 aromatic carbocycles. The van der Waals surface area contributed by atoms with Gasteiger partial charge in [0.2, 0.25) is 11.8 Å². The van der Waals surface area contributed by atoms with Gasteiger partial charge in [-0.05, 0) is 73.7 Å². The van der Waals surface area contributed by atoms with Crippen molar-refractivity contribution in [2.75, 3.05) is 44.2 Å². The smallest absolute Gasteiger partial charge is 0.283 e. The van der Waals surface area contributed by atoms with Crippen molar-refractivity contribution >= 4 is 51.3 Å². The number of nitrogens with one attached hydrogen (secondary N) is 1. The molecule has 10 rings (SSSR count). The molecule has 0 spiro atoms. The zero-order valence-electron chi connectivity index (χ0n) is 34.5. The summed E-state index contributed by atoms with van der Waals surface area (Å²) in [7, 11) is 2.08. The van der Waals surface area contributed by atoms with Crippen molar-refractivity contribution in [3.8, 4) is 16.9 Å². The van der Waals surface area contributed by atoms with Gasteiger partial charge in [0.1, 0.15) is 30.3 Å². The minimum atomic E-state index is -3.02. The Morgan fingerprint density at radius 2 is 1.61 bits per heavy atom. The normalized spacial score (nSPS) is 22.6. The SMILES string of the molecule is Cc1cc(-c2ccc3c4cnccc4n(C)c3c2)cnc1N1CC(OC2CCN(CC(F)(F)CO[C@H]3C[C@H](Oc4ccc5c(c4)C(=O)N(C4CCC(=O)NC4=O)C5=O)C3)CC2)C1. The highest BCUT2D eigenvalue weighted by atomic mass is 19.3. The van der Waals surface area contributed by atoms with Crippen LogP contribution in [0.4, 0.5) is 14.6 Å². The Bertz CT molecular complexity index is 2620. The van der Waals surface area contributed by atoms with Gasteiger partial charge in [-0.3, -0.25) is 39.3 Å². The molecule has 5 aliphatic rings. The van der Waals surface area contributed by atoms with Gasteiger partial charge in [-0.2, -0.15) is 0 Å².